The first-order valence-electron chi connectivity index (χ1n) is 5.27. The Morgan fingerprint density at radius 1 is 0.889 bits per heavy atom. The molecule has 3 nitrogen and oxygen atoms in total. The lowest BCUT2D eigenvalue weighted by Gasteiger charge is -2.02. The molecule has 0 aliphatic carbocycles. The maximum atomic E-state index is 11.9. The van der Waals surface area contributed by atoms with Crippen LogP contribution in [-0.4, -0.2) is 16.2 Å². The van der Waals surface area contributed by atoms with Gasteiger partial charge in [-0.15, -0.1) is 0 Å². The fourth-order valence-electron chi connectivity index (χ4n) is 1.43. The summed E-state index contributed by atoms with van der Waals surface area (Å²) in [4.78, 5) is 23.4. The lowest BCUT2D eigenvalue weighted by Crippen LogP contribution is -1.97. The Morgan fingerprint density at radius 3 is 2.22 bits per heavy atom. The van der Waals surface area contributed by atoms with Crippen LogP contribution in [0.15, 0.2) is 59.5 Å². The van der Waals surface area contributed by atoms with Gasteiger partial charge in [0.1, 0.15) is 0 Å². The van der Waals surface area contributed by atoms with Crippen molar-refractivity contribution in [3.63, 3.8) is 0 Å². The Kier molecular flexibility index (Phi) is 3.79. The molecular weight excluding hydrogens is 248 g/mol. The molecule has 0 bridgehead atoms. The minimum Gasteiger partial charge on any atom is -0.478 e. The second-order valence-electron chi connectivity index (χ2n) is 3.59. The Labute approximate surface area is 108 Å². The fraction of sp³-hybridized carbons (Fsp3) is 0. The molecule has 2 aromatic carbocycles. The van der Waals surface area contributed by atoms with Crippen LogP contribution >= 0.6 is 11.8 Å². The zero-order valence-electron chi connectivity index (χ0n) is 9.37. The van der Waals surface area contributed by atoms with Crippen molar-refractivity contribution in [3.05, 3.63) is 65.7 Å². The van der Waals surface area contributed by atoms with Crippen molar-refractivity contribution in [3.8, 4) is 0 Å². The highest BCUT2D eigenvalue weighted by molar-refractivity contribution is 8.14. The summed E-state index contributed by atoms with van der Waals surface area (Å²) >= 11 is 1.03. The van der Waals surface area contributed by atoms with Crippen LogP contribution in [0.4, 0.5) is 0 Å². The largest absolute Gasteiger partial charge is 0.478 e. The molecule has 0 radical (unpaired) electrons. The molecule has 0 aliphatic heterocycles. The molecule has 0 spiro atoms. The summed E-state index contributed by atoms with van der Waals surface area (Å²) in [6, 6.07) is 15.2. The highest BCUT2D eigenvalue weighted by atomic mass is 32.2. The molecular formula is C14H10O3S. The van der Waals surface area contributed by atoms with Gasteiger partial charge in [0, 0.05) is 10.5 Å². The molecule has 1 N–H and O–H groups in total. The molecule has 0 heterocycles. The van der Waals surface area contributed by atoms with E-state index in [9.17, 15) is 9.59 Å². The number of carboxylic acids is 1. The van der Waals surface area contributed by atoms with Crippen LogP contribution in [0.5, 0.6) is 0 Å². The van der Waals surface area contributed by atoms with Gasteiger partial charge in [0.25, 0.3) is 0 Å². The third kappa shape index (κ3) is 2.99. The Bertz CT molecular complexity index is 579. The van der Waals surface area contributed by atoms with E-state index in [0.29, 0.717) is 10.5 Å². The van der Waals surface area contributed by atoms with E-state index in [1.54, 1.807) is 36.4 Å². The van der Waals surface area contributed by atoms with Crippen LogP contribution in [0.1, 0.15) is 20.7 Å². The number of thioether (sulfide) groups is 1. The van der Waals surface area contributed by atoms with Gasteiger partial charge in [0.15, 0.2) is 0 Å². The monoisotopic (exact) mass is 258 g/mol. The predicted molar refractivity (Wildman–Crippen MR) is 70.0 cm³/mol. The first-order valence-corrected chi connectivity index (χ1v) is 6.09. The van der Waals surface area contributed by atoms with Crippen LogP contribution in [0.25, 0.3) is 0 Å². The number of hydrogen-bond acceptors (Lipinski definition) is 3. The van der Waals surface area contributed by atoms with Gasteiger partial charge in [-0.25, -0.2) is 4.79 Å². The maximum absolute atomic E-state index is 11.9. The zero-order valence-corrected chi connectivity index (χ0v) is 10.2. The molecule has 0 amide bonds. The third-order valence-electron chi connectivity index (χ3n) is 2.30. The number of carbonyl (C=O) groups is 2. The zero-order chi connectivity index (χ0) is 13.0. The number of carbonyl (C=O) groups excluding carboxylic acids is 1. The third-order valence-corrected chi connectivity index (χ3v) is 3.21. The van der Waals surface area contributed by atoms with E-state index in [-0.39, 0.29) is 10.7 Å². The van der Waals surface area contributed by atoms with Gasteiger partial charge in [-0.1, -0.05) is 36.4 Å². The number of hydrogen-bond donors (Lipinski definition) is 1. The van der Waals surface area contributed by atoms with Crippen molar-refractivity contribution in [2.24, 2.45) is 0 Å². The standard InChI is InChI=1S/C14H10O3S/c15-13(16)11-7-4-8-12(9-11)18-14(17)10-5-2-1-3-6-10/h1-9H,(H,15,16). The molecule has 0 unspecified atom stereocenters. The SMILES string of the molecule is O=C(O)c1cccc(SC(=O)c2ccccc2)c1. The topological polar surface area (TPSA) is 54.4 Å². The van der Waals surface area contributed by atoms with Crippen LogP contribution in [-0.2, 0) is 0 Å². The predicted octanol–water partition coefficient (Wildman–Crippen LogP) is 3.32. The Hall–Kier alpha value is -2.07. The molecule has 0 fully saturated rings. The average molecular weight is 258 g/mol. The van der Waals surface area contributed by atoms with Crippen molar-refractivity contribution in [2.75, 3.05) is 0 Å². The van der Waals surface area contributed by atoms with Gasteiger partial charge >= 0.3 is 5.97 Å². The highest BCUT2D eigenvalue weighted by Gasteiger charge is 2.09. The number of aromatic carboxylic acids is 1. The van der Waals surface area contributed by atoms with Gasteiger partial charge in [0.05, 0.1) is 5.56 Å². The van der Waals surface area contributed by atoms with Gasteiger partial charge in [0.2, 0.25) is 5.12 Å². The second-order valence-corrected chi connectivity index (χ2v) is 4.63. The fourth-order valence-corrected chi connectivity index (χ4v) is 2.23. The van der Waals surface area contributed by atoms with E-state index < -0.39 is 5.97 Å². The molecule has 0 aromatic heterocycles. The van der Waals surface area contributed by atoms with Crippen LogP contribution in [0.2, 0.25) is 0 Å². The summed E-state index contributed by atoms with van der Waals surface area (Å²) in [6.45, 7) is 0. The minimum atomic E-state index is -0.996. The van der Waals surface area contributed by atoms with Crippen molar-refractivity contribution < 1.29 is 14.7 Å². The number of rotatable bonds is 3. The van der Waals surface area contributed by atoms with Crippen molar-refractivity contribution in [1.82, 2.24) is 0 Å². The van der Waals surface area contributed by atoms with E-state index in [4.69, 9.17) is 5.11 Å². The molecule has 4 heteroatoms. The minimum absolute atomic E-state index is 0.0989. The molecule has 0 aliphatic rings. The molecule has 0 atom stereocenters. The van der Waals surface area contributed by atoms with Gasteiger partial charge in [-0.2, -0.15) is 0 Å². The first kappa shape index (κ1) is 12.4. The molecule has 0 saturated carbocycles. The molecule has 18 heavy (non-hydrogen) atoms. The molecule has 0 saturated heterocycles. The van der Waals surface area contributed by atoms with E-state index in [0.717, 1.165) is 11.8 Å². The summed E-state index contributed by atoms with van der Waals surface area (Å²) in [5, 5.41) is 8.77. The van der Waals surface area contributed by atoms with E-state index in [1.807, 2.05) is 6.07 Å². The quantitative estimate of drug-likeness (QED) is 0.858. The van der Waals surface area contributed by atoms with Gasteiger partial charge in [-0.05, 0) is 30.0 Å². The summed E-state index contributed by atoms with van der Waals surface area (Å²) in [5.74, 6) is -0.996. The molecule has 2 aromatic rings. The normalized spacial score (nSPS) is 10.0. The Morgan fingerprint density at radius 2 is 1.56 bits per heavy atom. The van der Waals surface area contributed by atoms with Crippen molar-refractivity contribution in [2.45, 2.75) is 4.90 Å². The summed E-state index contributed by atoms with van der Waals surface area (Å²) in [5.41, 5.74) is 0.782. The van der Waals surface area contributed by atoms with Crippen molar-refractivity contribution in [1.29, 1.82) is 0 Å². The Balaban J connectivity index is 2.17. The van der Waals surface area contributed by atoms with E-state index in [2.05, 4.69) is 0 Å². The van der Waals surface area contributed by atoms with Gasteiger partial charge in [-0.3, -0.25) is 4.79 Å². The van der Waals surface area contributed by atoms with E-state index >= 15 is 0 Å². The molecule has 90 valence electrons. The van der Waals surface area contributed by atoms with Crippen LogP contribution < -0.4 is 0 Å². The highest BCUT2D eigenvalue weighted by Crippen LogP contribution is 2.23. The lowest BCUT2D eigenvalue weighted by molar-refractivity contribution is 0.0696. The van der Waals surface area contributed by atoms with Crippen LogP contribution in [0, 0.1) is 0 Å². The average Bonchev–Trinajstić information content (AvgIpc) is 2.40. The van der Waals surface area contributed by atoms with Gasteiger partial charge < -0.3 is 5.11 Å². The number of carboxylic acid groups (broad SMARTS) is 1. The smallest absolute Gasteiger partial charge is 0.335 e. The van der Waals surface area contributed by atoms with Crippen LogP contribution in [0.3, 0.4) is 0 Å². The van der Waals surface area contributed by atoms with E-state index in [1.165, 1.54) is 12.1 Å². The summed E-state index contributed by atoms with van der Waals surface area (Å²) in [7, 11) is 0. The summed E-state index contributed by atoms with van der Waals surface area (Å²) < 4.78 is 0. The maximum Gasteiger partial charge on any atom is 0.335 e. The first-order chi connectivity index (χ1) is 8.66. The molecule has 2 rings (SSSR count). The summed E-state index contributed by atoms with van der Waals surface area (Å²) in [6.07, 6.45) is 0. The van der Waals surface area contributed by atoms with Crippen molar-refractivity contribution >= 4 is 22.8 Å². The lowest BCUT2D eigenvalue weighted by atomic mass is 10.2. The number of benzene rings is 2. The second kappa shape index (κ2) is 5.51.